The molecule has 0 aliphatic heterocycles. The van der Waals surface area contributed by atoms with Gasteiger partial charge in [0, 0.05) is 16.5 Å². The SMILES string of the molecule is NC(=S)Cc1c(Br)ccc(Cl)c1F. The average Bonchev–Trinajstić information content (AvgIpc) is 2.05. The van der Waals surface area contributed by atoms with Gasteiger partial charge in [0.25, 0.3) is 0 Å². The van der Waals surface area contributed by atoms with Crippen molar-refractivity contribution in [3.63, 3.8) is 0 Å². The second kappa shape index (κ2) is 4.35. The minimum absolute atomic E-state index is 0.0782. The predicted molar refractivity (Wildman–Crippen MR) is 59.6 cm³/mol. The van der Waals surface area contributed by atoms with E-state index in [0.29, 0.717) is 10.0 Å². The molecule has 0 fully saturated rings. The van der Waals surface area contributed by atoms with Gasteiger partial charge in [-0.15, -0.1) is 0 Å². The highest BCUT2D eigenvalue weighted by atomic mass is 79.9. The molecule has 0 unspecified atom stereocenters. The summed E-state index contributed by atoms with van der Waals surface area (Å²) < 4.78 is 14.0. The van der Waals surface area contributed by atoms with Crippen LogP contribution in [0.1, 0.15) is 5.56 Å². The van der Waals surface area contributed by atoms with Crippen molar-refractivity contribution in [3.8, 4) is 0 Å². The number of rotatable bonds is 2. The number of hydrogen-bond donors (Lipinski definition) is 1. The first kappa shape index (κ1) is 10.9. The number of halogens is 3. The van der Waals surface area contributed by atoms with Crippen molar-refractivity contribution in [1.29, 1.82) is 0 Å². The standard InChI is InChI=1S/C8H6BrClFNS/c9-5-1-2-6(10)8(11)4(5)3-7(12)13/h1-2H,3H2,(H2,12,13). The Labute approximate surface area is 94.2 Å². The molecule has 1 nitrogen and oxygen atoms in total. The molecule has 0 spiro atoms. The summed E-state index contributed by atoms with van der Waals surface area (Å²) in [7, 11) is 0. The van der Waals surface area contributed by atoms with E-state index in [2.05, 4.69) is 28.1 Å². The van der Waals surface area contributed by atoms with Crippen molar-refractivity contribution >= 4 is 44.7 Å². The van der Waals surface area contributed by atoms with Gasteiger partial charge in [-0.3, -0.25) is 0 Å². The minimum Gasteiger partial charge on any atom is -0.393 e. The number of hydrogen-bond acceptors (Lipinski definition) is 1. The molecule has 0 heterocycles. The van der Waals surface area contributed by atoms with Gasteiger partial charge in [-0.05, 0) is 12.1 Å². The molecule has 0 aliphatic rings. The van der Waals surface area contributed by atoms with Gasteiger partial charge in [0.15, 0.2) is 0 Å². The fraction of sp³-hybridized carbons (Fsp3) is 0.125. The summed E-state index contributed by atoms with van der Waals surface area (Å²) in [6, 6.07) is 3.14. The molecule has 70 valence electrons. The van der Waals surface area contributed by atoms with Gasteiger partial charge in [-0.25, -0.2) is 4.39 Å². The molecule has 0 radical (unpaired) electrons. The summed E-state index contributed by atoms with van der Waals surface area (Å²) in [6.07, 6.45) is 0.211. The Morgan fingerprint density at radius 2 is 2.23 bits per heavy atom. The van der Waals surface area contributed by atoms with E-state index < -0.39 is 5.82 Å². The van der Waals surface area contributed by atoms with Crippen LogP contribution in [0.4, 0.5) is 4.39 Å². The van der Waals surface area contributed by atoms with Gasteiger partial charge >= 0.3 is 0 Å². The molecule has 13 heavy (non-hydrogen) atoms. The van der Waals surface area contributed by atoms with E-state index in [0.717, 1.165) is 0 Å². The Bertz CT molecular complexity index is 356. The van der Waals surface area contributed by atoms with Crippen LogP contribution < -0.4 is 5.73 Å². The summed E-state index contributed by atoms with van der Waals surface area (Å²) in [5, 5.41) is 0.0782. The first-order chi connectivity index (χ1) is 6.02. The highest BCUT2D eigenvalue weighted by molar-refractivity contribution is 9.10. The van der Waals surface area contributed by atoms with Crippen LogP contribution in [0.2, 0.25) is 5.02 Å². The summed E-state index contributed by atoms with van der Waals surface area (Å²) in [6.45, 7) is 0. The van der Waals surface area contributed by atoms with Crippen molar-refractivity contribution in [3.05, 3.63) is 33.0 Å². The van der Waals surface area contributed by atoms with Crippen LogP contribution in [-0.4, -0.2) is 4.99 Å². The smallest absolute Gasteiger partial charge is 0.146 e. The first-order valence-corrected chi connectivity index (χ1v) is 5.01. The second-order valence-corrected chi connectivity index (χ2v) is 4.25. The zero-order chi connectivity index (χ0) is 10.0. The van der Waals surface area contributed by atoms with Crippen molar-refractivity contribution in [2.45, 2.75) is 6.42 Å². The molecule has 1 aromatic carbocycles. The molecule has 0 saturated carbocycles. The Morgan fingerprint density at radius 1 is 1.62 bits per heavy atom. The lowest BCUT2D eigenvalue weighted by molar-refractivity contribution is 0.615. The molecule has 1 aromatic rings. The van der Waals surface area contributed by atoms with E-state index in [1.807, 2.05) is 0 Å². The third-order valence-corrected chi connectivity index (χ3v) is 2.67. The van der Waals surface area contributed by atoms with Gasteiger partial charge in [0.2, 0.25) is 0 Å². The summed E-state index contributed by atoms with van der Waals surface area (Å²) in [5.41, 5.74) is 5.72. The summed E-state index contributed by atoms with van der Waals surface area (Å²) >= 11 is 13.5. The largest absolute Gasteiger partial charge is 0.393 e. The second-order valence-electron chi connectivity index (χ2n) is 2.46. The maximum absolute atomic E-state index is 13.3. The normalized spacial score (nSPS) is 10.1. The van der Waals surface area contributed by atoms with Crippen LogP contribution in [0.3, 0.4) is 0 Å². The molecular weight excluding hydrogens is 277 g/mol. The topological polar surface area (TPSA) is 26.0 Å². The third-order valence-electron chi connectivity index (χ3n) is 1.49. The molecule has 1 rings (SSSR count). The molecule has 5 heteroatoms. The zero-order valence-electron chi connectivity index (χ0n) is 6.48. The third kappa shape index (κ3) is 2.62. The molecule has 0 bridgehead atoms. The van der Waals surface area contributed by atoms with Crippen LogP contribution in [0, 0.1) is 5.82 Å². The van der Waals surface area contributed by atoms with Crippen LogP contribution in [0.5, 0.6) is 0 Å². The monoisotopic (exact) mass is 281 g/mol. The van der Waals surface area contributed by atoms with Gasteiger partial charge in [-0.1, -0.05) is 39.7 Å². The lowest BCUT2D eigenvalue weighted by Crippen LogP contribution is -2.12. The van der Waals surface area contributed by atoms with E-state index in [9.17, 15) is 4.39 Å². The van der Waals surface area contributed by atoms with E-state index >= 15 is 0 Å². The fourth-order valence-corrected chi connectivity index (χ4v) is 1.67. The Kier molecular flexibility index (Phi) is 3.64. The van der Waals surface area contributed by atoms with Gasteiger partial charge in [0.1, 0.15) is 5.82 Å². The maximum atomic E-state index is 13.3. The molecule has 2 N–H and O–H groups in total. The fourth-order valence-electron chi connectivity index (χ4n) is 0.905. The zero-order valence-corrected chi connectivity index (χ0v) is 9.64. The van der Waals surface area contributed by atoms with Crippen molar-refractivity contribution in [1.82, 2.24) is 0 Å². The average molecular weight is 283 g/mol. The lowest BCUT2D eigenvalue weighted by Gasteiger charge is -2.05. The number of thiocarbonyl (C=S) groups is 1. The van der Waals surface area contributed by atoms with E-state index in [1.165, 1.54) is 6.07 Å². The van der Waals surface area contributed by atoms with Gasteiger partial charge < -0.3 is 5.73 Å². The first-order valence-electron chi connectivity index (χ1n) is 3.43. The summed E-state index contributed by atoms with van der Waals surface area (Å²) in [5.74, 6) is -0.469. The van der Waals surface area contributed by atoms with Gasteiger partial charge in [0.05, 0.1) is 10.0 Å². The predicted octanol–water partition coefficient (Wildman–Crippen LogP) is 3.07. The van der Waals surface area contributed by atoms with E-state index in [-0.39, 0.29) is 16.4 Å². The maximum Gasteiger partial charge on any atom is 0.146 e. The lowest BCUT2D eigenvalue weighted by atomic mass is 10.1. The minimum atomic E-state index is -0.469. The van der Waals surface area contributed by atoms with Gasteiger partial charge in [-0.2, -0.15) is 0 Å². The van der Waals surface area contributed by atoms with Crippen LogP contribution in [-0.2, 0) is 6.42 Å². The molecule has 0 aromatic heterocycles. The Hall–Kier alpha value is -0.190. The van der Waals surface area contributed by atoms with Crippen molar-refractivity contribution in [2.75, 3.05) is 0 Å². The van der Waals surface area contributed by atoms with Crippen molar-refractivity contribution in [2.24, 2.45) is 5.73 Å². The quantitative estimate of drug-likeness (QED) is 0.666. The highest BCUT2D eigenvalue weighted by Crippen LogP contribution is 2.26. The molecule has 0 saturated heterocycles. The number of benzene rings is 1. The summed E-state index contributed by atoms with van der Waals surface area (Å²) in [4.78, 5) is 0.238. The Balaban J connectivity index is 3.17. The molecular formula is C8H6BrClFNS. The molecule has 0 amide bonds. The molecule has 0 atom stereocenters. The van der Waals surface area contributed by atoms with Crippen molar-refractivity contribution < 1.29 is 4.39 Å². The highest BCUT2D eigenvalue weighted by Gasteiger charge is 2.11. The van der Waals surface area contributed by atoms with Crippen LogP contribution in [0.15, 0.2) is 16.6 Å². The molecule has 0 aliphatic carbocycles. The van der Waals surface area contributed by atoms with E-state index in [4.69, 9.17) is 17.3 Å². The van der Waals surface area contributed by atoms with E-state index in [1.54, 1.807) is 6.07 Å². The Morgan fingerprint density at radius 3 is 2.77 bits per heavy atom. The van der Waals surface area contributed by atoms with Crippen LogP contribution >= 0.6 is 39.7 Å². The number of nitrogens with two attached hydrogens (primary N) is 1. The van der Waals surface area contributed by atoms with Crippen LogP contribution in [0.25, 0.3) is 0 Å².